The number of aliphatic hydroxyl groups is 3. The largest absolute Gasteiger partial charge is 0.510 e. The minimum absolute atomic E-state index is 0.00627. The van der Waals surface area contributed by atoms with Crippen LogP contribution in [0.25, 0.3) is 11.1 Å². The van der Waals surface area contributed by atoms with E-state index >= 15 is 0 Å². The van der Waals surface area contributed by atoms with E-state index in [2.05, 4.69) is 5.32 Å². The number of likely N-dealkylation sites (N-methyl/N-ethyl adjacent to an activating group) is 1. The zero-order chi connectivity index (χ0) is 31.4. The van der Waals surface area contributed by atoms with Crippen LogP contribution in [-0.4, -0.2) is 81.8 Å². The third-order valence-electron chi connectivity index (χ3n) is 9.03. The molecule has 228 valence electrons. The maximum Gasteiger partial charge on any atom is 0.255 e. The maximum absolute atomic E-state index is 14.1. The lowest BCUT2D eigenvalue weighted by atomic mass is 9.58. The Morgan fingerprint density at radius 2 is 1.86 bits per heavy atom. The first-order valence-corrected chi connectivity index (χ1v) is 14.3. The van der Waals surface area contributed by atoms with E-state index in [1.807, 2.05) is 25.1 Å². The van der Waals surface area contributed by atoms with E-state index in [9.17, 15) is 39.2 Å². The summed E-state index contributed by atoms with van der Waals surface area (Å²) in [6.07, 6.45) is 1.21. The first-order chi connectivity index (χ1) is 20.4. The van der Waals surface area contributed by atoms with E-state index in [0.29, 0.717) is 30.5 Å². The Labute approximate surface area is 248 Å². The summed E-state index contributed by atoms with van der Waals surface area (Å²) in [6, 6.07) is 7.85. The fraction of sp³-hybridized carbons (Fsp3) is 0.406. The number of nitrogens with zero attached hydrogens (tertiary/aromatic N) is 1. The molecule has 0 radical (unpaired) electrons. The van der Waals surface area contributed by atoms with Crippen molar-refractivity contribution in [3.63, 3.8) is 0 Å². The van der Waals surface area contributed by atoms with Gasteiger partial charge in [0, 0.05) is 23.7 Å². The van der Waals surface area contributed by atoms with Gasteiger partial charge in [0.15, 0.2) is 11.4 Å². The second kappa shape index (κ2) is 11.1. The van der Waals surface area contributed by atoms with Crippen LogP contribution < -0.4 is 11.1 Å². The third-order valence-corrected chi connectivity index (χ3v) is 9.03. The van der Waals surface area contributed by atoms with Crippen LogP contribution in [0, 0.1) is 11.8 Å². The Balaban J connectivity index is 1.68. The summed E-state index contributed by atoms with van der Waals surface area (Å²) in [5, 5.41) is 48.4. The molecule has 0 bridgehead atoms. The number of hydrogen-bond acceptors (Lipinski definition) is 9. The van der Waals surface area contributed by atoms with E-state index in [-0.39, 0.29) is 29.7 Å². The van der Waals surface area contributed by atoms with Gasteiger partial charge in [0.1, 0.15) is 22.8 Å². The van der Waals surface area contributed by atoms with Gasteiger partial charge >= 0.3 is 0 Å². The molecule has 0 heterocycles. The number of alkyl halides is 1. The van der Waals surface area contributed by atoms with E-state index in [4.69, 9.17) is 5.73 Å². The van der Waals surface area contributed by atoms with Gasteiger partial charge in [0.2, 0.25) is 5.78 Å². The number of amides is 1. The SMILES string of the molecule is CCc1ccc(NCCCF)cc1-c1ccc(O)c2c1CC1CC3C(N(C)C)C(O)=C(C(N)=O)C(=O)C3(O)C(O)=C1C2=O. The van der Waals surface area contributed by atoms with Crippen LogP contribution in [0.4, 0.5) is 10.1 Å². The number of fused-ring (bicyclic) bond motifs is 3. The topological polar surface area (TPSA) is 173 Å². The van der Waals surface area contributed by atoms with Gasteiger partial charge in [-0.05, 0) is 86.1 Å². The van der Waals surface area contributed by atoms with Crippen LogP contribution in [0.3, 0.4) is 0 Å². The number of ketones is 2. The Hall–Kier alpha value is -4.22. The molecule has 2 aromatic rings. The number of allylic oxidation sites excluding steroid dienone is 1. The van der Waals surface area contributed by atoms with Crippen LogP contribution in [0.15, 0.2) is 53.0 Å². The van der Waals surface area contributed by atoms with Crippen LogP contribution in [0.2, 0.25) is 0 Å². The van der Waals surface area contributed by atoms with Crippen LogP contribution in [-0.2, 0) is 22.4 Å². The number of phenolic OH excluding ortho intramolecular Hbond substituents is 1. The summed E-state index contributed by atoms with van der Waals surface area (Å²) in [5.74, 6) is -6.88. The molecule has 4 atom stereocenters. The number of aryl methyl sites for hydroxylation is 1. The molecule has 5 rings (SSSR count). The Morgan fingerprint density at radius 1 is 1.14 bits per heavy atom. The van der Waals surface area contributed by atoms with Crippen molar-refractivity contribution in [3.8, 4) is 16.9 Å². The van der Waals surface area contributed by atoms with Crippen LogP contribution in [0.5, 0.6) is 5.75 Å². The molecule has 11 heteroatoms. The summed E-state index contributed by atoms with van der Waals surface area (Å²) >= 11 is 0. The maximum atomic E-state index is 14.1. The zero-order valence-corrected chi connectivity index (χ0v) is 24.3. The molecule has 0 spiro atoms. The average Bonchev–Trinajstić information content (AvgIpc) is 2.95. The van der Waals surface area contributed by atoms with Crippen molar-refractivity contribution in [2.75, 3.05) is 32.6 Å². The number of rotatable bonds is 8. The lowest BCUT2D eigenvalue weighted by molar-refractivity contribution is -0.148. The molecule has 10 nitrogen and oxygen atoms in total. The minimum atomic E-state index is -2.69. The monoisotopic (exact) mass is 593 g/mol. The Morgan fingerprint density at radius 3 is 2.49 bits per heavy atom. The van der Waals surface area contributed by atoms with E-state index in [1.165, 1.54) is 11.0 Å². The fourth-order valence-electron chi connectivity index (χ4n) is 7.05. The van der Waals surface area contributed by atoms with Gasteiger partial charge in [-0.25, -0.2) is 0 Å². The number of carbonyl (C=O) groups is 3. The molecule has 7 N–H and O–H groups in total. The Bertz CT molecular complexity index is 1600. The molecular formula is C32H36FN3O7. The predicted octanol–water partition coefficient (Wildman–Crippen LogP) is 3.12. The molecular weight excluding hydrogens is 557 g/mol. The van der Waals surface area contributed by atoms with E-state index in [0.717, 1.165) is 16.8 Å². The molecule has 1 amide bonds. The van der Waals surface area contributed by atoms with Gasteiger partial charge in [-0.1, -0.05) is 19.1 Å². The number of benzene rings is 2. The first kappa shape index (κ1) is 30.2. The average molecular weight is 594 g/mol. The number of halogens is 1. The molecule has 43 heavy (non-hydrogen) atoms. The number of carbonyl (C=O) groups excluding carboxylic acids is 3. The number of nitrogens with one attached hydrogen (secondary N) is 1. The fourth-order valence-corrected chi connectivity index (χ4v) is 7.05. The van der Waals surface area contributed by atoms with Gasteiger partial charge in [0.25, 0.3) is 5.91 Å². The smallest absolute Gasteiger partial charge is 0.255 e. The van der Waals surface area contributed by atoms with Crippen molar-refractivity contribution in [2.45, 2.75) is 44.2 Å². The summed E-state index contributed by atoms with van der Waals surface area (Å²) < 4.78 is 12.7. The summed E-state index contributed by atoms with van der Waals surface area (Å²) in [7, 11) is 3.18. The van der Waals surface area contributed by atoms with Crippen molar-refractivity contribution < 1.29 is 39.2 Å². The second-order valence-corrected chi connectivity index (χ2v) is 11.6. The highest BCUT2D eigenvalue weighted by atomic mass is 19.1. The van der Waals surface area contributed by atoms with Gasteiger partial charge < -0.3 is 31.5 Å². The van der Waals surface area contributed by atoms with Crippen molar-refractivity contribution in [1.82, 2.24) is 4.90 Å². The number of primary amides is 1. The number of aliphatic hydroxyl groups excluding tert-OH is 2. The number of phenols is 1. The standard InChI is InChI=1S/C32H36FN3O7/c1-4-15-6-7-17(35-11-5-10-33)14-19(15)18-8-9-22(37)24-20(18)12-16-13-21-26(36(2)3)28(39)25(31(34)42)30(41)32(21,43)29(40)23(16)27(24)38/h6-9,14,16,21,26,35,37,39-40,43H,4-5,10-13H2,1-3H3,(H2,34,42). The number of aromatic hydroxyl groups is 1. The van der Waals surface area contributed by atoms with Crippen molar-refractivity contribution >= 4 is 23.2 Å². The van der Waals surface area contributed by atoms with E-state index < -0.39 is 64.7 Å². The molecule has 0 aliphatic heterocycles. The Kier molecular flexibility index (Phi) is 7.82. The lowest BCUT2D eigenvalue weighted by Gasteiger charge is -2.50. The highest BCUT2D eigenvalue weighted by Gasteiger charge is 2.63. The third kappa shape index (κ3) is 4.58. The molecule has 0 saturated carbocycles. The second-order valence-electron chi connectivity index (χ2n) is 11.6. The molecule has 3 aliphatic rings. The van der Waals surface area contributed by atoms with Crippen molar-refractivity contribution in [1.29, 1.82) is 0 Å². The molecule has 0 aromatic heterocycles. The van der Waals surface area contributed by atoms with Crippen molar-refractivity contribution in [2.24, 2.45) is 17.6 Å². The highest BCUT2D eigenvalue weighted by molar-refractivity contribution is 6.25. The summed E-state index contributed by atoms with van der Waals surface area (Å²) in [6.45, 7) is 1.99. The molecule has 0 saturated heterocycles. The minimum Gasteiger partial charge on any atom is -0.510 e. The molecule has 0 fully saturated rings. The molecule has 3 aliphatic carbocycles. The zero-order valence-electron chi connectivity index (χ0n) is 24.3. The highest BCUT2D eigenvalue weighted by Crippen LogP contribution is 2.53. The predicted molar refractivity (Wildman–Crippen MR) is 158 cm³/mol. The number of anilines is 1. The van der Waals surface area contributed by atoms with Crippen LogP contribution >= 0.6 is 0 Å². The summed E-state index contributed by atoms with van der Waals surface area (Å²) in [5.41, 5.74) is 5.45. The van der Waals surface area contributed by atoms with Gasteiger partial charge in [0.05, 0.1) is 18.3 Å². The summed E-state index contributed by atoms with van der Waals surface area (Å²) in [4.78, 5) is 41.2. The molecule has 4 unspecified atom stereocenters. The van der Waals surface area contributed by atoms with Gasteiger partial charge in [-0.15, -0.1) is 0 Å². The quantitative estimate of drug-likeness (QED) is 0.199. The normalized spacial score (nSPS) is 25.0. The number of hydrogen-bond donors (Lipinski definition) is 6. The van der Waals surface area contributed by atoms with Gasteiger partial charge in [-0.3, -0.25) is 23.7 Å². The van der Waals surface area contributed by atoms with E-state index in [1.54, 1.807) is 20.2 Å². The van der Waals surface area contributed by atoms with Crippen LogP contribution in [0.1, 0.15) is 41.3 Å². The van der Waals surface area contributed by atoms with Gasteiger partial charge in [-0.2, -0.15) is 0 Å². The van der Waals surface area contributed by atoms with Crippen molar-refractivity contribution in [3.05, 3.63) is 69.7 Å². The number of nitrogens with two attached hydrogens (primary N) is 1. The molecule has 2 aromatic carbocycles. The number of Topliss-reactive ketones (excluding diaryl/α,β-unsaturated/α-hetero) is 2. The first-order valence-electron chi connectivity index (χ1n) is 14.3. The lowest BCUT2D eigenvalue weighted by Crippen LogP contribution is -2.63.